The molecule has 4 rings (SSSR count). The van der Waals surface area contributed by atoms with Crippen molar-refractivity contribution in [2.24, 2.45) is 29.6 Å². The lowest BCUT2D eigenvalue weighted by molar-refractivity contribution is 0.108. The highest BCUT2D eigenvalue weighted by Crippen LogP contribution is 2.49. The van der Waals surface area contributed by atoms with Crippen LogP contribution in [0.3, 0.4) is 0 Å². The van der Waals surface area contributed by atoms with Crippen LogP contribution in [0.15, 0.2) is 18.2 Å². The van der Waals surface area contributed by atoms with Crippen LogP contribution in [0.25, 0.3) is 0 Å². The molecule has 0 spiro atoms. The van der Waals surface area contributed by atoms with Gasteiger partial charge in [0.1, 0.15) is 5.82 Å². The van der Waals surface area contributed by atoms with Crippen molar-refractivity contribution >= 4 is 0 Å². The third-order valence-electron chi connectivity index (χ3n) is 9.44. The van der Waals surface area contributed by atoms with Crippen molar-refractivity contribution in [1.82, 2.24) is 0 Å². The predicted molar refractivity (Wildman–Crippen MR) is 131 cm³/mol. The first-order valence-electron chi connectivity index (χ1n) is 13.9. The fourth-order valence-electron chi connectivity index (χ4n) is 7.53. The van der Waals surface area contributed by atoms with Gasteiger partial charge in [0.05, 0.1) is 0 Å². The van der Waals surface area contributed by atoms with Crippen LogP contribution in [0.2, 0.25) is 0 Å². The Morgan fingerprint density at radius 2 is 1.35 bits per heavy atom. The topological polar surface area (TPSA) is 0 Å². The molecule has 0 aromatic heterocycles. The standard InChI is InChI=1S/C30H47F/c1-3-5-22-7-9-23(10-8-22)11-12-24-13-14-27-20-28(18-17-26(27)19-24)29-16-15-25(6-4-2)30(31)21-29/h15-16,21-24,26-28H,3-14,17-20H2,1-2H3. The maximum absolute atomic E-state index is 14.5. The molecule has 4 atom stereocenters. The van der Waals surface area contributed by atoms with Crippen molar-refractivity contribution in [3.8, 4) is 0 Å². The van der Waals surface area contributed by atoms with E-state index in [9.17, 15) is 4.39 Å². The van der Waals surface area contributed by atoms with E-state index in [0.29, 0.717) is 5.92 Å². The Bertz CT molecular complexity index is 671. The summed E-state index contributed by atoms with van der Waals surface area (Å²) in [7, 11) is 0. The van der Waals surface area contributed by atoms with E-state index in [-0.39, 0.29) is 5.82 Å². The first-order valence-corrected chi connectivity index (χ1v) is 13.9. The molecule has 1 aromatic rings. The van der Waals surface area contributed by atoms with Gasteiger partial charge in [0.25, 0.3) is 0 Å². The van der Waals surface area contributed by atoms with Crippen molar-refractivity contribution in [3.05, 3.63) is 35.1 Å². The average Bonchev–Trinajstić information content (AvgIpc) is 2.80. The third kappa shape index (κ3) is 6.14. The van der Waals surface area contributed by atoms with Crippen LogP contribution in [0.5, 0.6) is 0 Å². The first-order chi connectivity index (χ1) is 15.2. The van der Waals surface area contributed by atoms with E-state index in [1.165, 1.54) is 95.5 Å². The third-order valence-corrected chi connectivity index (χ3v) is 9.44. The van der Waals surface area contributed by atoms with E-state index in [0.717, 1.165) is 48.0 Å². The number of aryl methyl sites for hydroxylation is 1. The Morgan fingerprint density at radius 3 is 2.06 bits per heavy atom. The quantitative estimate of drug-likeness (QED) is 0.388. The van der Waals surface area contributed by atoms with Crippen molar-refractivity contribution < 1.29 is 4.39 Å². The van der Waals surface area contributed by atoms with Gasteiger partial charge in [-0.15, -0.1) is 0 Å². The SMILES string of the molecule is CCCc1ccc(C2CCC3CC(CCC4CCC(CCC)CC4)CCC3C2)cc1F. The Labute approximate surface area is 191 Å². The molecular weight excluding hydrogens is 379 g/mol. The molecule has 0 aliphatic heterocycles. The highest BCUT2D eigenvalue weighted by atomic mass is 19.1. The number of rotatable bonds is 8. The summed E-state index contributed by atoms with van der Waals surface area (Å²) in [6.45, 7) is 4.47. The number of hydrogen-bond acceptors (Lipinski definition) is 0. The number of fused-ring (bicyclic) bond motifs is 1. The summed E-state index contributed by atoms with van der Waals surface area (Å²) in [5.41, 5.74) is 2.18. The second-order valence-corrected chi connectivity index (χ2v) is 11.6. The minimum absolute atomic E-state index is 0.0360. The molecule has 31 heavy (non-hydrogen) atoms. The lowest BCUT2D eigenvalue weighted by Gasteiger charge is -2.43. The van der Waals surface area contributed by atoms with Gasteiger partial charge in [-0.1, -0.05) is 90.2 Å². The molecular formula is C30H47F. The first kappa shape index (κ1) is 23.3. The average molecular weight is 427 g/mol. The van der Waals surface area contributed by atoms with E-state index in [2.05, 4.69) is 26.0 Å². The van der Waals surface area contributed by atoms with Gasteiger partial charge in [0.2, 0.25) is 0 Å². The lowest BCUT2D eigenvalue weighted by atomic mass is 9.63. The van der Waals surface area contributed by atoms with Crippen LogP contribution in [0, 0.1) is 35.4 Å². The Hall–Kier alpha value is -0.850. The van der Waals surface area contributed by atoms with E-state index in [1.54, 1.807) is 0 Å². The van der Waals surface area contributed by atoms with Crippen LogP contribution < -0.4 is 0 Å². The van der Waals surface area contributed by atoms with Crippen molar-refractivity contribution in [1.29, 1.82) is 0 Å². The monoisotopic (exact) mass is 426 g/mol. The maximum Gasteiger partial charge on any atom is 0.126 e. The smallest absolute Gasteiger partial charge is 0.126 e. The van der Waals surface area contributed by atoms with E-state index >= 15 is 0 Å². The zero-order chi connectivity index (χ0) is 21.6. The Kier molecular flexibility index (Phi) is 8.52. The second-order valence-electron chi connectivity index (χ2n) is 11.6. The molecule has 0 heterocycles. The molecule has 3 fully saturated rings. The largest absolute Gasteiger partial charge is 0.207 e. The molecule has 3 saturated carbocycles. The summed E-state index contributed by atoms with van der Waals surface area (Å²) in [6, 6.07) is 6.17. The molecule has 3 aliphatic rings. The molecule has 0 saturated heterocycles. The van der Waals surface area contributed by atoms with Crippen LogP contribution in [-0.2, 0) is 6.42 Å². The normalized spacial score (nSPS) is 33.8. The van der Waals surface area contributed by atoms with Crippen LogP contribution in [0.1, 0.15) is 127 Å². The van der Waals surface area contributed by atoms with Gasteiger partial charge in [-0.3, -0.25) is 0 Å². The fraction of sp³-hybridized carbons (Fsp3) is 0.800. The summed E-state index contributed by atoms with van der Waals surface area (Å²) in [5.74, 6) is 5.57. The van der Waals surface area contributed by atoms with Crippen LogP contribution >= 0.6 is 0 Å². The summed E-state index contributed by atoms with van der Waals surface area (Å²) in [6.07, 6.45) is 22.1. The van der Waals surface area contributed by atoms with Gasteiger partial charge >= 0.3 is 0 Å². The molecule has 0 radical (unpaired) electrons. The minimum Gasteiger partial charge on any atom is -0.207 e. The van der Waals surface area contributed by atoms with Crippen molar-refractivity contribution in [3.63, 3.8) is 0 Å². The molecule has 1 heteroatoms. The van der Waals surface area contributed by atoms with E-state index in [4.69, 9.17) is 0 Å². The molecule has 174 valence electrons. The van der Waals surface area contributed by atoms with Crippen molar-refractivity contribution in [2.45, 2.75) is 122 Å². The lowest BCUT2D eigenvalue weighted by Crippen LogP contribution is -2.30. The molecule has 3 aliphatic carbocycles. The zero-order valence-electron chi connectivity index (χ0n) is 20.4. The van der Waals surface area contributed by atoms with Crippen LogP contribution in [-0.4, -0.2) is 0 Å². The molecule has 0 N–H and O–H groups in total. The van der Waals surface area contributed by atoms with Gasteiger partial charge in [-0.25, -0.2) is 4.39 Å². The zero-order valence-corrected chi connectivity index (χ0v) is 20.4. The van der Waals surface area contributed by atoms with Gasteiger partial charge in [0, 0.05) is 0 Å². The Morgan fingerprint density at radius 1 is 0.710 bits per heavy atom. The van der Waals surface area contributed by atoms with Crippen LogP contribution in [0.4, 0.5) is 4.39 Å². The molecule has 0 bridgehead atoms. The van der Waals surface area contributed by atoms with E-state index in [1.807, 2.05) is 6.07 Å². The molecule has 4 unspecified atom stereocenters. The maximum atomic E-state index is 14.5. The summed E-state index contributed by atoms with van der Waals surface area (Å²) >= 11 is 0. The van der Waals surface area contributed by atoms with E-state index < -0.39 is 0 Å². The highest BCUT2D eigenvalue weighted by Gasteiger charge is 2.36. The molecule has 1 aromatic carbocycles. The Balaban J connectivity index is 1.21. The highest BCUT2D eigenvalue weighted by molar-refractivity contribution is 5.27. The van der Waals surface area contributed by atoms with Gasteiger partial charge in [0.15, 0.2) is 0 Å². The minimum atomic E-state index is 0.0360. The number of halogens is 1. The predicted octanol–water partition coefficient (Wildman–Crippen LogP) is 9.46. The summed E-state index contributed by atoms with van der Waals surface area (Å²) < 4.78 is 14.5. The fourth-order valence-corrected chi connectivity index (χ4v) is 7.53. The number of hydrogen-bond donors (Lipinski definition) is 0. The van der Waals surface area contributed by atoms with Gasteiger partial charge in [-0.05, 0) is 91.2 Å². The summed E-state index contributed by atoms with van der Waals surface area (Å²) in [5, 5.41) is 0. The van der Waals surface area contributed by atoms with Gasteiger partial charge in [-0.2, -0.15) is 0 Å². The summed E-state index contributed by atoms with van der Waals surface area (Å²) in [4.78, 5) is 0. The molecule has 0 nitrogen and oxygen atoms in total. The number of benzene rings is 1. The van der Waals surface area contributed by atoms with Crippen molar-refractivity contribution in [2.75, 3.05) is 0 Å². The second kappa shape index (κ2) is 11.3. The van der Waals surface area contributed by atoms with Gasteiger partial charge < -0.3 is 0 Å². The molecule has 0 amide bonds.